The van der Waals surface area contributed by atoms with Crippen LogP contribution in [0.5, 0.6) is 17.4 Å². The Kier molecular flexibility index (Phi) is 7.74. The van der Waals surface area contributed by atoms with Crippen molar-refractivity contribution in [3.05, 3.63) is 114 Å². The van der Waals surface area contributed by atoms with E-state index in [1.54, 1.807) is 42.6 Å². The van der Waals surface area contributed by atoms with Gasteiger partial charge in [-0.05, 0) is 48.4 Å². The van der Waals surface area contributed by atoms with Crippen LogP contribution in [0.2, 0.25) is 0 Å². The summed E-state index contributed by atoms with van der Waals surface area (Å²) in [6.45, 7) is 2.41. The number of rotatable bonds is 10. The van der Waals surface area contributed by atoms with Crippen LogP contribution in [0.4, 0.5) is 5.69 Å². The largest absolute Gasteiger partial charge is 0.494 e. The fraction of sp³-hybridized carbons (Fsp3) is 0.143. The number of amides is 1. The summed E-state index contributed by atoms with van der Waals surface area (Å²) in [6.07, 6.45) is 1.27. The minimum absolute atomic E-state index is 0.115. The van der Waals surface area contributed by atoms with E-state index in [9.17, 15) is 4.79 Å². The van der Waals surface area contributed by atoms with Crippen LogP contribution >= 0.6 is 0 Å². The van der Waals surface area contributed by atoms with Crippen LogP contribution in [0.15, 0.2) is 103 Å². The number of carbonyl (C=O) groups is 1. The number of pyridine rings is 1. The second-order valence-corrected chi connectivity index (χ2v) is 7.45. The molecule has 0 saturated carbocycles. The lowest BCUT2D eigenvalue weighted by molar-refractivity contribution is -0.118. The minimum atomic E-state index is -0.294. The third kappa shape index (κ3) is 6.36. The highest BCUT2D eigenvalue weighted by Crippen LogP contribution is 2.27. The van der Waals surface area contributed by atoms with Gasteiger partial charge in [-0.15, -0.1) is 0 Å². The molecule has 3 aromatic carbocycles. The molecule has 0 spiro atoms. The Morgan fingerprint density at radius 1 is 0.794 bits per heavy atom. The van der Waals surface area contributed by atoms with Gasteiger partial charge < -0.3 is 19.5 Å². The molecule has 0 radical (unpaired) electrons. The van der Waals surface area contributed by atoms with Crippen molar-refractivity contribution in [2.24, 2.45) is 0 Å². The number of nitrogens with one attached hydrogen (secondary N) is 1. The number of hydrogen-bond donors (Lipinski definition) is 1. The molecule has 0 unspecified atom stereocenters. The molecule has 0 aliphatic carbocycles. The Morgan fingerprint density at radius 2 is 1.38 bits per heavy atom. The van der Waals surface area contributed by atoms with Crippen LogP contribution in [0.3, 0.4) is 0 Å². The molecule has 0 aliphatic rings. The summed E-state index contributed by atoms with van der Waals surface area (Å²) in [5.74, 6) is 1.53. The maximum Gasteiger partial charge on any atom is 0.262 e. The number of carbonyl (C=O) groups excluding carboxylic acids is 1. The van der Waals surface area contributed by atoms with Crippen molar-refractivity contribution in [2.75, 3.05) is 18.5 Å². The zero-order valence-corrected chi connectivity index (χ0v) is 18.9. The second kappa shape index (κ2) is 11.5. The average Bonchev–Trinajstić information content (AvgIpc) is 2.89. The lowest BCUT2D eigenvalue weighted by Crippen LogP contribution is -2.20. The van der Waals surface area contributed by atoms with Crippen LogP contribution in [0, 0.1) is 0 Å². The molecule has 6 nitrogen and oxygen atoms in total. The summed E-state index contributed by atoms with van der Waals surface area (Å²) in [7, 11) is 0. The molecular formula is C28H26N2O4. The molecule has 34 heavy (non-hydrogen) atoms. The van der Waals surface area contributed by atoms with Crippen molar-refractivity contribution in [1.82, 2.24) is 4.98 Å². The van der Waals surface area contributed by atoms with Crippen molar-refractivity contribution in [3.63, 3.8) is 0 Å². The van der Waals surface area contributed by atoms with Gasteiger partial charge in [-0.3, -0.25) is 4.79 Å². The second-order valence-electron chi connectivity index (χ2n) is 7.45. The fourth-order valence-corrected chi connectivity index (χ4v) is 3.37. The standard InChI is InChI=1S/C28H26N2O4/c1-2-32-24-14-16-25(17-15-24)33-20-26(31)30-23-13-18-27(29-19-23)34-28(21-9-5-3-6-10-21)22-11-7-4-8-12-22/h3-19,28H,2,20H2,1H3,(H,30,31). The molecule has 0 bridgehead atoms. The number of hydrogen-bond acceptors (Lipinski definition) is 5. The van der Waals surface area contributed by atoms with Gasteiger partial charge in [-0.2, -0.15) is 0 Å². The van der Waals surface area contributed by atoms with Crippen LogP contribution in [0.25, 0.3) is 0 Å². The Morgan fingerprint density at radius 3 is 1.91 bits per heavy atom. The summed E-state index contributed by atoms with van der Waals surface area (Å²) in [5, 5.41) is 2.78. The summed E-state index contributed by atoms with van der Waals surface area (Å²) < 4.78 is 17.2. The summed E-state index contributed by atoms with van der Waals surface area (Å²) in [6, 6.07) is 30.6. The van der Waals surface area contributed by atoms with Gasteiger partial charge in [0.15, 0.2) is 12.7 Å². The van der Waals surface area contributed by atoms with Gasteiger partial charge in [-0.1, -0.05) is 60.7 Å². The molecule has 4 aromatic rings. The van der Waals surface area contributed by atoms with Gasteiger partial charge in [0.2, 0.25) is 5.88 Å². The third-order valence-corrected chi connectivity index (χ3v) is 4.97. The number of aromatic nitrogens is 1. The van der Waals surface area contributed by atoms with E-state index in [0.29, 0.717) is 23.9 Å². The highest BCUT2D eigenvalue weighted by Gasteiger charge is 2.16. The van der Waals surface area contributed by atoms with Crippen molar-refractivity contribution in [2.45, 2.75) is 13.0 Å². The van der Waals surface area contributed by atoms with Gasteiger partial charge in [0.1, 0.15) is 11.5 Å². The zero-order valence-electron chi connectivity index (χ0n) is 18.9. The molecule has 1 N–H and O–H groups in total. The van der Waals surface area contributed by atoms with Gasteiger partial charge in [0, 0.05) is 6.07 Å². The Labute approximate surface area is 199 Å². The maximum absolute atomic E-state index is 12.3. The molecule has 6 heteroatoms. The van der Waals surface area contributed by atoms with E-state index in [4.69, 9.17) is 14.2 Å². The molecular weight excluding hydrogens is 428 g/mol. The van der Waals surface area contributed by atoms with Gasteiger partial charge in [-0.25, -0.2) is 4.98 Å². The van der Waals surface area contributed by atoms with E-state index >= 15 is 0 Å². The van der Waals surface area contributed by atoms with E-state index in [-0.39, 0.29) is 18.6 Å². The highest BCUT2D eigenvalue weighted by molar-refractivity contribution is 5.91. The van der Waals surface area contributed by atoms with Crippen LogP contribution in [-0.2, 0) is 4.79 Å². The van der Waals surface area contributed by atoms with Crippen LogP contribution in [0.1, 0.15) is 24.2 Å². The molecule has 1 amide bonds. The van der Waals surface area contributed by atoms with Crippen molar-refractivity contribution < 1.29 is 19.0 Å². The number of ether oxygens (including phenoxy) is 3. The first-order valence-electron chi connectivity index (χ1n) is 11.1. The van der Waals surface area contributed by atoms with Crippen molar-refractivity contribution >= 4 is 11.6 Å². The average molecular weight is 455 g/mol. The Bertz CT molecular complexity index is 1130. The first kappa shape index (κ1) is 22.9. The topological polar surface area (TPSA) is 69.7 Å². The monoisotopic (exact) mass is 454 g/mol. The van der Waals surface area contributed by atoms with Crippen LogP contribution in [-0.4, -0.2) is 24.1 Å². The number of nitrogens with zero attached hydrogens (tertiary/aromatic N) is 1. The first-order valence-corrected chi connectivity index (χ1v) is 11.1. The SMILES string of the molecule is CCOc1ccc(OCC(=O)Nc2ccc(OC(c3ccccc3)c3ccccc3)nc2)cc1. The zero-order chi connectivity index (χ0) is 23.6. The quantitative estimate of drug-likeness (QED) is 0.335. The summed E-state index contributed by atoms with van der Waals surface area (Å²) >= 11 is 0. The van der Waals surface area contributed by atoms with E-state index < -0.39 is 0 Å². The summed E-state index contributed by atoms with van der Waals surface area (Å²) in [5.41, 5.74) is 2.61. The first-order chi connectivity index (χ1) is 16.7. The van der Waals surface area contributed by atoms with Crippen molar-refractivity contribution in [3.8, 4) is 17.4 Å². The van der Waals surface area contributed by atoms with E-state index in [1.165, 1.54) is 0 Å². The fourth-order valence-electron chi connectivity index (χ4n) is 3.37. The molecule has 1 aromatic heterocycles. The molecule has 1 heterocycles. The third-order valence-electron chi connectivity index (χ3n) is 4.97. The number of benzene rings is 3. The molecule has 0 fully saturated rings. The smallest absolute Gasteiger partial charge is 0.262 e. The minimum Gasteiger partial charge on any atom is -0.494 e. The Balaban J connectivity index is 1.35. The normalized spacial score (nSPS) is 10.5. The predicted octanol–water partition coefficient (Wildman–Crippen LogP) is 5.67. The van der Waals surface area contributed by atoms with E-state index in [0.717, 1.165) is 16.9 Å². The van der Waals surface area contributed by atoms with Gasteiger partial charge in [0.05, 0.1) is 18.5 Å². The number of anilines is 1. The lowest BCUT2D eigenvalue weighted by Gasteiger charge is -2.19. The molecule has 0 saturated heterocycles. The summed E-state index contributed by atoms with van der Waals surface area (Å²) in [4.78, 5) is 16.6. The molecule has 4 rings (SSSR count). The lowest BCUT2D eigenvalue weighted by atomic mass is 10.0. The van der Waals surface area contributed by atoms with E-state index in [1.807, 2.05) is 67.6 Å². The molecule has 172 valence electrons. The predicted molar refractivity (Wildman–Crippen MR) is 131 cm³/mol. The van der Waals surface area contributed by atoms with E-state index in [2.05, 4.69) is 10.3 Å². The maximum atomic E-state index is 12.3. The molecule has 0 aliphatic heterocycles. The molecule has 0 atom stereocenters. The van der Waals surface area contributed by atoms with Crippen molar-refractivity contribution in [1.29, 1.82) is 0 Å². The van der Waals surface area contributed by atoms with Gasteiger partial charge in [0.25, 0.3) is 5.91 Å². The Hall–Kier alpha value is -4.32. The van der Waals surface area contributed by atoms with Crippen LogP contribution < -0.4 is 19.5 Å². The van der Waals surface area contributed by atoms with Gasteiger partial charge >= 0.3 is 0 Å². The highest BCUT2D eigenvalue weighted by atomic mass is 16.5.